The van der Waals surface area contributed by atoms with Gasteiger partial charge in [0.2, 0.25) is 11.9 Å². The molecule has 3 aromatic rings. The molecule has 1 amide bonds. The standard InChI is InChI=1S/C16H12F3N3O/c17-16(18,19)11-5-3-4-10(8-11)9-14(23)22-15-20-12-6-1-2-7-13(12)21-15/h1-8H,9H2,(H2,20,21,22,23). The molecule has 2 N–H and O–H groups in total. The number of H-pyrrole nitrogens is 1. The van der Waals surface area contributed by atoms with Crippen LogP contribution in [0.25, 0.3) is 11.0 Å². The van der Waals surface area contributed by atoms with Crippen LogP contribution in [-0.2, 0) is 17.4 Å². The van der Waals surface area contributed by atoms with Crippen LogP contribution in [0.4, 0.5) is 19.1 Å². The number of nitrogens with zero attached hydrogens (tertiary/aromatic N) is 1. The summed E-state index contributed by atoms with van der Waals surface area (Å²) in [4.78, 5) is 19.1. The number of carbonyl (C=O) groups is 1. The zero-order chi connectivity index (χ0) is 16.4. The van der Waals surface area contributed by atoms with E-state index >= 15 is 0 Å². The topological polar surface area (TPSA) is 57.8 Å². The number of para-hydroxylation sites is 2. The van der Waals surface area contributed by atoms with E-state index in [0.29, 0.717) is 5.52 Å². The maximum atomic E-state index is 12.7. The number of rotatable bonds is 3. The number of amides is 1. The van der Waals surface area contributed by atoms with E-state index in [9.17, 15) is 18.0 Å². The normalized spacial score (nSPS) is 11.6. The SMILES string of the molecule is O=C(Cc1cccc(C(F)(F)F)c1)Nc1nc2ccccc2[nH]1. The van der Waals surface area contributed by atoms with Gasteiger partial charge in [-0.15, -0.1) is 0 Å². The molecule has 0 saturated carbocycles. The first-order valence-corrected chi connectivity index (χ1v) is 6.82. The average Bonchev–Trinajstić information content (AvgIpc) is 2.88. The molecule has 7 heteroatoms. The highest BCUT2D eigenvalue weighted by Gasteiger charge is 2.30. The van der Waals surface area contributed by atoms with Crippen LogP contribution in [0.2, 0.25) is 0 Å². The number of anilines is 1. The second-order valence-corrected chi connectivity index (χ2v) is 5.03. The van der Waals surface area contributed by atoms with Crippen LogP contribution in [-0.4, -0.2) is 15.9 Å². The van der Waals surface area contributed by atoms with E-state index in [4.69, 9.17) is 0 Å². The summed E-state index contributed by atoms with van der Waals surface area (Å²) in [5, 5.41) is 2.55. The maximum absolute atomic E-state index is 12.7. The number of nitrogens with one attached hydrogen (secondary N) is 2. The third-order valence-electron chi connectivity index (χ3n) is 3.27. The molecule has 0 aliphatic carbocycles. The van der Waals surface area contributed by atoms with Crippen molar-refractivity contribution in [3.8, 4) is 0 Å². The molecule has 4 nitrogen and oxygen atoms in total. The van der Waals surface area contributed by atoms with Crippen molar-refractivity contribution in [2.24, 2.45) is 0 Å². The monoisotopic (exact) mass is 319 g/mol. The number of carbonyl (C=O) groups excluding carboxylic acids is 1. The Balaban J connectivity index is 1.72. The first-order chi connectivity index (χ1) is 10.9. The van der Waals surface area contributed by atoms with Gasteiger partial charge in [-0.2, -0.15) is 13.2 Å². The number of aromatic amines is 1. The molecule has 118 valence electrons. The summed E-state index contributed by atoms with van der Waals surface area (Å²) in [7, 11) is 0. The fraction of sp³-hybridized carbons (Fsp3) is 0.125. The predicted octanol–water partition coefficient (Wildman–Crippen LogP) is 3.76. The molecule has 1 heterocycles. The summed E-state index contributed by atoms with van der Waals surface area (Å²) in [5.74, 6) is -0.174. The second kappa shape index (κ2) is 5.75. The Morgan fingerprint density at radius 3 is 2.65 bits per heavy atom. The molecule has 0 atom stereocenters. The van der Waals surface area contributed by atoms with Crippen molar-refractivity contribution in [2.75, 3.05) is 5.32 Å². The number of halogens is 3. The van der Waals surface area contributed by atoms with Gasteiger partial charge >= 0.3 is 6.18 Å². The molecule has 0 unspecified atom stereocenters. The lowest BCUT2D eigenvalue weighted by atomic mass is 10.1. The Morgan fingerprint density at radius 1 is 1.13 bits per heavy atom. The van der Waals surface area contributed by atoms with Gasteiger partial charge < -0.3 is 4.98 Å². The van der Waals surface area contributed by atoms with E-state index in [1.54, 1.807) is 6.07 Å². The van der Waals surface area contributed by atoms with Crippen LogP contribution in [0.3, 0.4) is 0 Å². The van der Waals surface area contributed by atoms with Crippen LogP contribution in [0.1, 0.15) is 11.1 Å². The van der Waals surface area contributed by atoms with E-state index in [2.05, 4.69) is 15.3 Å². The van der Waals surface area contributed by atoms with Gasteiger partial charge in [-0.3, -0.25) is 10.1 Å². The highest BCUT2D eigenvalue weighted by molar-refractivity contribution is 5.92. The van der Waals surface area contributed by atoms with Gasteiger partial charge in [-0.25, -0.2) is 4.98 Å². The number of imidazole rings is 1. The van der Waals surface area contributed by atoms with Crippen molar-refractivity contribution in [1.29, 1.82) is 0 Å². The zero-order valence-electron chi connectivity index (χ0n) is 11.8. The highest BCUT2D eigenvalue weighted by Crippen LogP contribution is 2.29. The number of aromatic nitrogens is 2. The maximum Gasteiger partial charge on any atom is 0.416 e. The molecule has 0 radical (unpaired) electrons. The van der Waals surface area contributed by atoms with Gasteiger partial charge in [0.15, 0.2) is 0 Å². The summed E-state index contributed by atoms with van der Waals surface area (Å²) >= 11 is 0. The van der Waals surface area contributed by atoms with E-state index < -0.39 is 17.6 Å². The molecule has 0 aliphatic heterocycles. The number of hydrogen-bond acceptors (Lipinski definition) is 2. The number of fused-ring (bicyclic) bond motifs is 1. The molecule has 0 saturated heterocycles. The van der Waals surface area contributed by atoms with Crippen LogP contribution in [0, 0.1) is 0 Å². The van der Waals surface area contributed by atoms with Gasteiger partial charge in [-0.05, 0) is 23.8 Å². The zero-order valence-corrected chi connectivity index (χ0v) is 11.8. The minimum atomic E-state index is -4.43. The van der Waals surface area contributed by atoms with Crippen LogP contribution in [0.5, 0.6) is 0 Å². The summed E-state index contributed by atoms with van der Waals surface area (Å²) in [6, 6.07) is 11.9. The Hall–Kier alpha value is -2.83. The van der Waals surface area contributed by atoms with E-state index in [0.717, 1.165) is 17.6 Å². The Morgan fingerprint density at radius 2 is 1.91 bits per heavy atom. The lowest BCUT2D eigenvalue weighted by Gasteiger charge is -2.08. The number of alkyl halides is 3. The van der Waals surface area contributed by atoms with Crippen molar-refractivity contribution in [3.63, 3.8) is 0 Å². The van der Waals surface area contributed by atoms with Gasteiger partial charge in [0.1, 0.15) is 0 Å². The van der Waals surface area contributed by atoms with Gasteiger partial charge in [0.05, 0.1) is 23.0 Å². The molecular weight excluding hydrogens is 307 g/mol. The molecule has 23 heavy (non-hydrogen) atoms. The number of hydrogen-bond donors (Lipinski definition) is 2. The Bertz CT molecular complexity index is 822. The summed E-state index contributed by atoms with van der Waals surface area (Å²) in [6.07, 6.45) is -4.59. The van der Waals surface area contributed by atoms with Crippen molar-refractivity contribution < 1.29 is 18.0 Å². The molecule has 0 spiro atoms. The lowest BCUT2D eigenvalue weighted by Crippen LogP contribution is -2.16. The molecule has 0 bridgehead atoms. The first-order valence-electron chi connectivity index (χ1n) is 6.82. The van der Waals surface area contributed by atoms with Crippen molar-refractivity contribution in [1.82, 2.24) is 9.97 Å². The number of benzene rings is 2. The third-order valence-corrected chi connectivity index (χ3v) is 3.27. The quantitative estimate of drug-likeness (QED) is 0.772. The van der Waals surface area contributed by atoms with E-state index in [-0.39, 0.29) is 17.9 Å². The highest BCUT2D eigenvalue weighted by atomic mass is 19.4. The van der Waals surface area contributed by atoms with Crippen molar-refractivity contribution in [2.45, 2.75) is 12.6 Å². The van der Waals surface area contributed by atoms with Crippen LogP contribution in [0.15, 0.2) is 48.5 Å². The molecule has 3 rings (SSSR count). The van der Waals surface area contributed by atoms with Gasteiger partial charge in [-0.1, -0.05) is 30.3 Å². The van der Waals surface area contributed by atoms with Gasteiger partial charge in [0, 0.05) is 0 Å². The molecule has 0 fully saturated rings. The Labute approximate surface area is 129 Å². The third kappa shape index (κ3) is 3.50. The average molecular weight is 319 g/mol. The second-order valence-electron chi connectivity index (χ2n) is 5.03. The molecule has 1 aromatic heterocycles. The minimum Gasteiger partial charge on any atom is -0.324 e. The minimum absolute atomic E-state index is 0.166. The molecule has 0 aliphatic rings. The lowest BCUT2D eigenvalue weighted by molar-refractivity contribution is -0.137. The van der Waals surface area contributed by atoms with Crippen molar-refractivity contribution >= 4 is 22.9 Å². The fourth-order valence-corrected chi connectivity index (χ4v) is 2.23. The summed E-state index contributed by atoms with van der Waals surface area (Å²) < 4.78 is 38.0. The smallest absolute Gasteiger partial charge is 0.324 e. The van der Waals surface area contributed by atoms with Gasteiger partial charge in [0.25, 0.3) is 0 Å². The predicted molar refractivity (Wildman–Crippen MR) is 79.9 cm³/mol. The van der Waals surface area contributed by atoms with E-state index in [1.165, 1.54) is 12.1 Å². The van der Waals surface area contributed by atoms with Crippen LogP contribution < -0.4 is 5.32 Å². The Kier molecular flexibility index (Phi) is 3.77. The first kappa shape index (κ1) is 15.1. The molecular formula is C16H12F3N3O. The fourth-order valence-electron chi connectivity index (χ4n) is 2.23. The largest absolute Gasteiger partial charge is 0.416 e. The summed E-state index contributed by atoms with van der Waals surface area (Å²) in [5.41, 5.74) is 0.976. The van der Waals surface area contributed by atoms with E-state index in [1.807, 2.05) is 18.2 Å². The molecule has 2 aromatic carbocycles. The van der Waals surface area contributed by atoms with Crippen LogP contribution >= 0.6 is 0 Å². The summed E-state index contributed by atoms with van der Waals surface area (Å²) in [6.45, 7) is 0. The van der Waals surface area contributed by atoms with Crippen molar-refractivity contribution in [3.05, 3.63) is 59.7 Å².